The van der Waals surface area contributed by atoms with Crippen molar-refractivity contribution in [3.63, 3.8) is 0 Å². The molecule has 8 heteroatoms. The van der Waals surface area contributed by atoms with Crippen molar-refractivity contribution >= 4 is 21.7 Å². The van der Waals surface area contributed by atoms with Crippen LogP contribution < -0.4 is 15.8 Å². The van der Waals surface area contributed by atoms with Crippen molar-refractivity contribution in [1.29, 1.82) is 0 Å². The number of benzene rings is 2. The Labute approximate surface area is 160 Å². The van der Waals surface area contributed by atoms with E-state index in [-0.39, 0.29) is 23.9 Å². The second kappa shape index (κ2) is 10.1. The zero-order chi connectivity index (χ0) is 19.7. The number of hydrogen-bond donors (Lipinski definition) is 3. The lowest BCUT2D eigenvalue weighted by Gasteiger charge is -2.08. The summed E-state index contributed by atoms with van der Waals surface area (Å²) in [5.41, 5.74) is 8.77. The highest BCUT2D eigenvalue weighted by Crippen LogP contribution is 2.13. The Bertz CT molecular complexity index is 865. The molecule has 7 nitrogen and oxygen atoms in total. The Morgan fingerprint density at radius 1 is 1.15 bits per heavy atom. The van der Waals surface area contributed by atoms with Crippen LogP contribution in [0.15, 0.2) is 58.4 Å². The minimum Gasteiger partial charge on any atom is -0.383 e. The van der Waals surface area contributed by atoms with Crippen LogP contribution in [0.1, 0.15) is 18.1 Å². The van der Waals surface area contributed by atoms with Gasteiger partial charge in [-0.05, 0) is 41.8 Å². The predicted octanol–water partition coefficient (Wildman–Crippen LogP) is 2.10. The van der Waals surface area contributed by atoms with E-state index in [0.717, 1.165) is 17.7 Å². The molecular formula is C19H26N4O3S. The van der Waals surface area contributed by atoms with E-state index < -0.39 is 10.0 Å². The van der Waals surface area contributed by atoms with E-state index in [4.69, 9.17) is 10.5 Å². The van der Waals surface area contributed by atoms with Gasteiger partial charge in [0.25, 0.3) is 0 Å². The molecule has 0 aliphatic heterocycles. The molecule has 0 aliphatic carbocycles. The number of rotatable bonds is 9. The van der Waals surface area contributed by atoms with Gasteiger partial charge in [-0.1, -0.05) is 31.2 Å². The summed E-state index contributed by atoms with van der Waals surface area (Å²) >= 11 is 0. The van der Waals surface area contributed by atoms with Crippen LogP contribution in [0.5, 0.6) is 0 Å². The largest absolute Gasteiger partial charge is 0.383 e. The molecule has 0 saturated carbocycles. The number of nitrogens with two attached hydrogens (primary N) is 1. The zero-order valence-corrected chi connectivity index (χ0v) is 16.4. The van der Waals surface area contributed by atoms with Crippen molar-refractivity contribution in [2.24, 2.45) is 10.7 Å². The molecule has 27 heavy (non-hydrogen) atoms. The standard InChI is InChI=1S/C19H26N4O3S/c1-3-15-7-9-17(10-8-15)23-19(20)21-14-16-5-4-6-18(13-16)27(24,25)22-11-12-26-2/h4-10,13,22H,3,11-12,14H2,1-2H3,(H3,20,21,23). The molecule has 0 heterocycles. The van der Waals surface area contributed by atoms with Crippen LogP contribution in [0.25, 0.3) is 0 Å². The number of sulfonamides is 1. The number of aryl methyl sites for hydroxylation is 1. The van der Waals surface area contributed by atoms with Crippen molar-refractivity contribution in [2.75, 3.05) is 25.6 Å². The fourth-order valence-corrected chi connectivity index (χ4v) is 3.44. The average molecular weight is 391 g/mol. The first-order valence-corrected chi connectivity index (χ1v) is 10.2. The fraction of sp³-hybridized carbons (Fsp3) is 0.316. The van der Waals surface area contributed by atoms with Crippen LogP contribution in [0.4, 0.5) is 5.69 Å². The van der Waals surface area contributed by atoms with Crippen molar-refractivity contribution in [1.82, 2.24) is 4.72 Å². The second-order valence-corrected chi connectivity index (χ2v) is 7.68. The molecule has 0 spiro atoms. The first-order valence-electron chi connectivity index (χ1n) is 8.68. The third-order valence-electron chi connectivity index (χ3n) is 3.87. The van der Waals surface area contributed by atoms with E-state index >= 15 is 0 Å². The van der Waals surface area contributed by atoms with Crippen LogP contribution in [-0.2, 0) is 27.7 Å². The third kappa shape index (κ3) is 6.67. The summed E-state index contributed by atoms with van der Waals surface area (Å²) in [6, 6.07) is 14.6. The summed E-state index contributed by atoms with van der Waals surface area (Å²) in [4.78, 5) is 4.47. The molecule has 0 radical (unpaired) electrons. The van der Waals surface area contributed by atoms with Crippen LogP contribution in [0, 0.1) is 0 Å². The van der Waals surface area contributed by atoms with Gasteiger partial charge in [0.05, 0.1) is 18.0 Å². The van der Waals surface area contributed by atoms with E-state index in [9.17, 15) is 8.42 Å². The molecule has 2 aromatic carbocycles. The Balaban J connectivity index is 2.01. The number of guanidine groups is 1. The van der Waals surface area contributed by atoms with Gasteiger partial charge >= 0.3 is 0 Å². The third-order valence-corrected chi connectivity index (χ3v) is 5.33. The SMILES string of the molecule is CCc1ccc(NC(N)=NCc2cccc(S(=O)(=O)NCCOC)c2)cc1. The quantitative estimate of drug-likeness (QED) is 0.345. The monoisotopic (exact) mass is 390 g/mol. The smallest absolute Gasteiger partial charge is 0.240 e. The molecule has 0 amide bonds. The number of ether oxygens (including phenoxy) is 1. The van der Waals surface area contributed by atoms with Crippen molar-refractivity contribution < 1.29 is 13.2 Å². The molecular weight excluding hydrogens is 364 g/mol. The van der Waals surface area contributed by atoms with Crippen LogP contribution >= 0.6 is 0 Å². The van der Waals surface area contributed by atoms with Crippen LogP contribution in [0.3, 0.4) is 0 Å². The lowest BCUT2D eigenvalue weighted by molar-refractivity contribution is 0.204. The second-order valence-electron chi connectivity index (χ2n) is 5.91. The summed E-state index contributed by atoms with van der Waals surface area (Å²) in [7, 11) is -2.06. The normalized spacial score (nSPS) is 12.1. The molecule has 0 unspecified atom stereocenters. The first kappa shape index (κ1) is 20.9. The molecule has 2 rings (SSSR count). The zero-order valence-electron chi connectivity index (χ0n) is 15.6. The summed E-state index contributed by atoms with van der Waals surface area (Å²) in [6.45, 7) is 2.90. The maximum atomic E-state index is 12.3. The minimum atomic E-state index is -3.57. The summed E-state index contributed by atoms with van der Waals surface area (Å²) < 4.78 is 31.8. The number of hydrogen-bond acceptors (Lipinski definition) is 4. The fourth-order valence-electron chi connectivity index (χ4n) is 2.36. The van der Waals surface area contributed by atoms with Crippen molar-refractivity contribution in [2.45, 2.75) is 24.8 Å². The van der Waals surface area contributed by atoms with Gasteiger partial charge in [-0.2, -0.15) is 0 Å². The van der Waals surface area contributed by atoms with Gasteiger partial charge in [0.2, 0.25) is 10.0 Å². The van der Waals surface area contributed by atoms with Gasteiger partial charge < -0.3 is 15.8 Å². The van der Waals surface area contributed by atoms with Gasteiger partial charge in [-0.25, -0.2) is 18.1 Å². The highest BCUT2D eigenvalue weighted by Gasteiger charge is 2.13. The number of nitrogens with zero attached hydrogens (tertiary/aromatic N) is 1. The summed E-state index contributed by atoms with van der Waals surface area (Å²) in [5.74, 6) is 0.269. The number of anilines is 1. The van der Waals surface area contributed by atoms with E-state index in [1.165, 1.54) is 12.7 Å². The van der Waals surface area contributed by atoms with Crippen molar-refractivity contribution in [3.8, 4) is 0 Å². The molecule has 146 valence electrons. The molecule has 0 atom stereocenters. The van der Waals surface area contributed by atoms with E-state index in [1.807, 2.05) is 24.3 Å². The highest BCUT2D eigenvalue weighted by atomic mass is 32.2. The molecule has 0 saturated heterocycles. The molecule has 2 aromatic rings. The summed E-state index contributed by atoms with van der Waals surface area (Å²) in [5, 5.41) is 3.03. The van der Waals surface area contributed by atoms with Gasteiger partial charge in [0, 0.05) is 19.3 Å². The van der Waals surface area contributed by atoms with Crippen molar-refractivity contribution in [3.05, 3.63) is 59.7 Å². The Hall–Kier alpha value is -2.42. The Morgan fingerprint density at radius 2 is 1.89 bits per heavy atom. The molecule has 0 aromatic heterocycles. The maximum Gasteiger partial charge on any atom is 0.240 e. The van der Waals surface area contributed by atoms with Gasteiger partial charge in [0.1, 0.15) is 0 Å². The number of nitrogens with one attached hydrogen (secondary N) is 2. The average Bonchev–Trinajstić information content (AvgIpc) is 2.67. The minimum absolute atomic E-state index is 0.188. The maximum absolute atomic E-state index is 12.3. The molecule has 0 fully saturated rings. The topological polar surface area (TPSA) is 106 Å². The molecule has 0 bridgehead atoms. The lowest BCUT2D eigenvalue weighted by Crippen LogP contribution is -2.27. The molecule has 4 N–H and O–H groups in total. The Morgan fingerprint density at radius 3 is 2.56 bits per heavy atom. The van der Waals surface area contributed by atoms with E-state index in [2.05, 4.69) is 22.0 Å². The number of aliphatic imine (C=N–C) groups is 1. The first-order chi connectivity index (χ1) is 12.9. The summed E-state index contributed by atoms with van der Waals surface area (Å²) in [6.07, 6.45) is 0.976. The van der Waals surface area contributed by atoms with Crippen LogP contribution in [0.2, 0.25) is 0 Å². The van der Waals surface area contributed by atoms with Crippen LogP contribution in [-0.4, -0.2) is 34.6 Å². The lowest BCUT2D eigenvalue weighted by atomic mass is 10.1. The molecule has 0 aliphatic rings. The predicted molar refractivity (Wildman–Crippen MR) is 108 cm³/mol. The highest BCUT2D eigenvalue weighted by molar-refractivity contribution is 7.89. The van der Waals surface area contributed by atoms with E-state index in [0.29, 0.717) is 6.61 Å². The van der Waals surface area contributed by atoms with Gasteiger partial charge in [0.15, 0.2) is 5.96 Å². The van der Waals surface area contributed by atoms with E-state index in [1.54, 1.807) is 24.3 Å². The van der Waals surface area contributed by atoms with Gasteiger partial charge in [-0.3, -0.25) is 0 Å². The number of methoxy groups -OCH3 is 1. The van der Waals surface area contributed by atoms with Gasteiger partial charge in [-0.15, -0.1) is 0 Å². The Kier molecular flexibility index (Phi) is 7.78.